The van der Waals surface area contributed by atoms with E-state index in [0.717, 1.165) is 44.5 Å². The Labute approximate surface area is 177 Å². The molecule has 0 amide bonds. The van der Waals surface area contributed by atoms with Gasteiger partial charge in [0.05, 0.1) is 30.5 Å². The van der Waals surface area contributed by atoms with E-state index in [1.807, 2.05) is 10.9 Å². The van der Waals surface area contributed by atoms with Crippen molar-refractivity contribution in [2.45, 2.75) is 56.2 Å². The second-order valence-corrected chi connectivity index (χ2v) is 10.6. The lowest BCUT2D eigenvalue weighted by molar-refractivity contribution is 0.0156. The molecule has 0 radical (unpaired) electrons. The number of ether oxygens (including phenoxy) is 1. The first kappa shape index (κ1) is 20.8. The van der Waals surface area contributed by atoms with E-state index < -0.39 is 10.0 Å². The van der Waals surface area contributed by atoms with E-state index in [1.54, 1.807) is 11.3 Å². The molecule has 1 saturated heterocycles. The van der Waals surface area contributed by atoms with E-state index in [2.05, 4.69) is 44.9 Å². The zero-order chi connectivity index (χ0) is 20.3. The molecule has 0 bridgehead atoms. The fourth-order valence-electron chi connectivity index (χ4n) is 4.63. The Hall–Kier alpha value is -1.48. The van der Waals surface area contributed by atoms with E-state index in [1.165, 1.54) is 11.8 Å². The average molecular weight is 436 g/mol. The summed E-state index contributed by atoms with van der Waals surface area (Å²) in [5.74, 6) is 1.53. The molecule has 2 aromatic rings. The van der Waals surface area contributed by atoms with Crippen LogP contribution < -0.4 is 9.62 Å². The lowest BCUT2D eigenvalue weighted by Gasteiger charge is -2.33. The zero-order valence-corrected chi connectivity index (χ0v) is 18.4. The number of sulfonamides is 1. The van der Waals surface area contributed by atoms with Crippen LogP contribution in [0.5, 0.6) is 0 Å². The SMILES string of the molecule is CS(=O)(=O)N[C@H]1CCN(c2cscn2)[C@H]1COC1CCC(c2ccccc2)CC1. The molecule has 1 aromatic carbocycles. The van der Waals surface area contributed by atoms with Crippen molar-refractivity contribution in [1.29, 1.82) is 0 Å². The number of anilines is 1. The third kappa shape index (κ3) is 5.36. The number of benzene rings is 1. The summed E-state index contributed by atoms with van der Waals surface area (Å²) in [6.07, 6.45) is 6.60. The van der Waals surface area contributed by atoms with Crippen molar-refractivity contribution >= 4 is 27.2 Å². The number of thiazole rings is 1. The minimum absolute atomic E-state index is 0.0290. The van der Waals surface area contributed by atoms with Crippen LogP contribution in [0.15, 0.2) is 41.2 Å². The molecule has 29 heavy (non-hydrogen) atoms. The maximum Gasteiger partial charge on any atom is 0.209 e. The van der Waals surface area contributed by atoms with Crippen molar-refractivity contribution < 1.29 is 13.2 Å². The molecule has 2 aliphatic rings. The Bertz CT molecular complexity index is 866. The first-order valence-corrected chi connectivity index (χ1v) is 13.1. The molecule has 1 saturated carbocycles. The molecular formula is C21H29N3O3S2. The molecule has 1 aliphatic heterocycles. The predicted octanol–water partition coefficient (Wildman–Crippen LogP) is 3.38. The van der Waals surface area contributed by atoms with E-state index >= 15 is 0 Å². The normalized spacial score (nSPS) is 28.0. The standard InChI is InChI=1S/C21H29N3O3S2/c1-29(25,26)23-19-11-12-24(21-14-28-15-22-21)20(19)13-27-18-9-7-17(8-10-18)16-5-3-2-4-6-16/h2-6,14-15,17-20,23H,7-13H2,1H3/t17?,18?,19-,20-/m0/s1. The highest BCUT2D eigenvalue weighted by atomic mass is 32.2. The molecule has 6 nitrogen and oxygen atoms in total. The quantitative estimate of drug-likeness (QED) is 0.722. The van der Waals surface area contributed by atoms with Gasteiger partial charge in [-0.05, 0) is 43.6 Å². The molecule has 1 aromatic heterocycles. The van der Waals surface area contributed by atoms with Crippen LogP contribution in [0.1, 0.15) is 43.6 Å². The highest BCUT2D eigenvalue weighted by Gasteiger charge is 2.37. The van der Waals surface area contributed by atoms with Gasteiger partial charge in [0, 0.05) is 18.0 Å². The number of nitrogens with zero attached hydrogens (tertiary/aromatic N) is 2. The largest absolute Gasteiger partial charge is 0.376 e. The van der Waals surface area contributed by atoms with Gasteiger partial charge in [-0.25, -0.2) is 18.1 Å². The summed E-state index contributed by atoms with van der Waals surface area (Å²) in [5.41, 5.74) is 3.24. The summed E-state index contributed by atoms with van der Waals surface area (Å²) in [7, 11) is -3.26. The van der Waals surface area contributed by atoms with Crippen molar-refractivity contribution in [3.63, 3.8) is 0 Å². The highest BCUT2D eigenvalue weighted by molar-refractivity contribution is 7.88. The highest BCUT2D eigenvalue weighted by Crippen LogP contribution is 2.34. The molecule has 1 aliphatic carbocycles. The van der Waals surface area contributed by atoms with Gasteiger partial charge in [-0.15, -0.1) is 11.3 Å². The van der Waals surface area contributed by atoms with Crippen LogP contribution in [0.25, 0.3) is 0 Å². The number of hydrogen-bond donors (Lipinski definition) is 1. The topological polar surface area (TPSA) is 71.5 Å². The van der Waals surface area contributed by atoms with Crippen molar-refractivity contribution in [3.8, 4) is 0 Å². The van der Waals surface area contributed by atoms with Gasteiger partial charge in [-0.1, -0.05) is 30.3 Å². The van der Waals surface area contributed by atoms with Crippen LogP contribution in [0, 0.1) is 0 Å². The van der Waals surface area contributed by atoms with Gasteiger partial charge in [0.25, 0.3) is 0 Å². The first-order valence-electron chi connectivity index (χ1n) is 10.3. The molecule has 2 fully saturated rings. The van der Waals surface area contributed by atoms with Gasteiger partial charge in [0.15, 0.2) is 0 Å². The molecule has 2 heterocycles. The molecular weight excluding hydrogens is 406 g/mol. The van der Waals surface area contributed by atoms with Crippen LogP contribution in [-0.2, 0) is 14.8 Å². The second kappa shape index (κ2) is 9.12. The smallest absolute Gasteiger partial charge is 0.209 e. The molecule has 0 spiro atoms. The van der Waals surface area contributed by atoms with Crippen molar-refractivity contribution in [2.24, 2.45) is 0 Å². The van der Waals surface area contributed by atoms with Crippen molar-refractivity contribution in [2.75, 3.05) is 24.3 Å². The molecule has 1 N–H and O–H groups in total. The number of rotatable bonds is 7. The van der Waals surface area contributed by atoms with Crippen LogP contribution in [0.4, 0.5) is 5.82 Å². The lowest BCUT2D eigenvalue weighted by atomic mass is 9.83. The summed E-state index contributed by atoms with van der Waals surface area (Å²) in [6.45, 7) is 1.30. The predicted molar refractivity (Wildman–Crippen MR) is 117 cm³/mol. The van der Waals surface area contributed by atoms with Crippen molar-refractivity contribution in [3.05, 3.63) is 46.8 Å². The first-order chi connectivity index (χ1) is 14.0. The molecule has 4 rings (SSSR count). The maximum atomic E-state index is 11.8. The van der Waals surface area contributed by atoms with E-state index in [9.17, 15) is 8.42 Å². The van der Waals surface area contributed by atoms with Gasteiger partial charge < -0.3 is 9.64 Å². The van der Waals surface area contributed by atoms with E-state index in [0.29, 0.717) is 12.5 Å². The maximum absolute atomic E-state index is 11.8. The number of nitrogens with one attached hydrogen (secondary N) is 1. The fraction of sp³-hybridized carbons (Fsp3) is 0.571. The molecule has 2 atom stereocenters. The van der Waals surface area contributed by atoms with Gasteiger partial charge >= 0.3 is 0 Å². The Morgan fingerprint density at radius 3 is 2.59 bits per heavy atom. The summed E-state index contributed by atoms with van der Waals surface area (Å²) in [6, 6.07) is 10.6. The average Bonchev–Trinajstić information content (AvgIpc) is 3.36. The number of hydrogen-bond acceptors (Lipinski definition) is 6. The fourth-order valence-corrected chi connectivity index (χ4v) is 6.00. The van der Waals surface area contributed by atoms with Gasteiger partial charge in [0.2, 0.25) is 10.0 Å². The van der Waals surface area contributed by atoms with Crippen LogP contribution in [0.3, 0.4) is 0 Å². The zero-order valence-electron chi connectivity index (χ0n) is 16.7. The Morgan fingerprint density at radius 1 is 1.17 bits per heavy atom. The molecule has 0 unspecified atom stereocenters. The second-order valence-electron chi connectivity index (χ2n) is 8.11. The van der Waals surface area contributed by atoms with Crippen molar-refractivity contribution in [1.82, 2.24) is 9.71 Å². The summed E-state index contributed by atoms with van der Waals surface area (Å²) < 4.78 is 32.8. The monoisotopic (exact) mass is 435 g/mol. The lowest BCUT2D eigenvalue weighted by Crippen LogP contribution is -2.48. The van der Waals surface area contributed by atoms with E-state index in [4.69, 9.17) is 4.74 Å². The Morgan fingerprint density at radius 2 is 1.93 bits per heavy atom. The summed E-state index contributed by atoms with van der Waals surface area (Å²) >= 11 is 1.55. The van der Waals surface area contributed by atoms with Gasteiger partial charge in [-0.2, -0.15) is 0 Å². The van der Waals surface area contributed by atoms with Gasteiger partial charge in [0.1, 0.15) is 5.82 Å². The molecule has 158 valence electrons. The Balaban J connectivity index is 1.36. The third-order valence-electron chi connectivity index (χ3n) is 6.07. The minimum atomic E-state index is -3.26. The summed E-state index contributed by atoms with van der Waals surface area (Å²) in [4.78, 5) is 6.62. The van der Waals surface area contributed by atoms with Crippen LogP contribution in [-0.4, -0.2) is 51.0 Å². The number of aromatic nitrogens is 1. The summed E-state index contributed by atoms with van der Waals surface area (Å²) in [5, 5.41) is 2.01. The van der Waals surface area contributed by atoms with Gasteiger partial charge in [-0.3, -0.25) is 0 Å². The van der Waals surface area contributed by atoms with Crippen LogP contribution in [0.2, 0.25) is 0 Å². The minimum Gasteiger partial charge on any atom is -0.376 e. The Kier molecular flexibility index (Phi) is 6.53. The van der Waals surface area contributed by atoms with Crippen LogP contribution >= 0.6 is 11.3 Å². The van der Waals surface area contributed by atoms with E-state index in [-0.39, 0.29) is 18.2 Å². The third-order valence-corrected chi connectivity index (χ3v) is 7.38. The molecule has 8 heteroatoms.